The number of rotatable bonds is 4. The normalized spacial score (nSPS) is 16.2. The van der Waals surface area contributed by atoms with Crippen LogP contribution in [0.4, 0.5) is 0 Å². The van der Waals surface area contributed by atoms with Crippen LogP contribution in [0.1, 0.15) is 31.0 Å². The van der Waals surface area contributed by atoms with Crippen LogP contribution >= 0.6 is 33.9 Å². The molecule has 30 heavy (non-hydrogen) atoms. The number of ether oxygens (including phenoxy) is 1. The van der Waals surface area contributed by atoms with Crippen molar-refractivity contribution < 1.29 is 9.53 Å². The Morgan fingerprint density at radius 1 is 1.20 bits per heavy atom. The molecular formula is C23H19IN2O3S. The molecule has 152 valence electrons. The second kappa shape index (κ2) is 8.69. The smallest absolute Gasteiger partial charge is 0.338 e. The number of nitrogens with zero attached hydrogens (tertiary/aromatic N) is 2. The van der Waals surface area contributed by atoms with Crippen molar-refractivity contribution in [3.63, 3.8) is 0 Å². The summed E-state index contributed by atoms with van der Waals surface area (Å²) >= 11 is 3.58. The lowest BCUT2D eigenvalue weighted by Crippen LogP contribution is -2.39. The van der Waals surface area contributed by atoms with Gasteiger partial charge in [0.05, 0.1) is 28.5 Å². The lowest BCUT2D eigenvalue weighted by molar-refractivity contribution is -0.139. The average molecular weight is 530 g/mol. The van der Waals surface area contributed by atoms with E-state index in [1.165, 1.54) is 11.3 Å². The molecule has 0 N–H and O–H groups in total. The van der Waals surface area contributed by atoms with Gasteiger partial charge in [-0.25, -0.2) is 9.79 Å². The van der Waals surface area contributed by atoms with E-state index in [1.807, 2.05) is 60.7 Å². The van der Waals surface area contributed by atoms with Crippen LogP contribution in [0, 0.1) is 3.57 Å². The first-order chi connectivity index (χ1) is 14.5. The maximum absolute atomic E-state index is 13.4. The number of carbonyl (C=O) groups is 1. The van der Waals surface area contributed by atoms with Crippen molar-refractivity contribution >= 4 is 46.0 Å². The zero-order valence-corrected chi connectivity index (χ0v) is 19.4. The number of fused-ring (bicyclic) bond motifs is 1. The number of carbonyl (C=O) groups excluding carboxylic acids is 1. The van der Waals surface area contributed by atoms with E-state index in [0.717, 1.165) is 14.7 Å². The molecule has 2 heterocycles. The van der Waals surface area contributed by atoms with Gasteiger partial charge >= 0.3 is 5.97 Å². The fourth-order valence-electron chi connectivity index (χ4n) is 3.45. The number of allylic oxidation sites excluding steroid dienone is 1. The number of hydrogen-bond donors (Lipinski definition) is 0. The van der Waals surface area contributed by atoms with Crippen LogP contribution in [0.15, 0.2) is 75.7 Å². The Bertz CT molecular complexity index is 1310. The van der Waals surface area contributed by atoms with E-state index < -0.39 is 12.0 Å². The summed E-state index contributed by atoms with van der Waals surface area (Å²) in [6, 6.07) is 16.9. The molecule has 0 saturated carbocycles. The molecule has 4 rings (SSSR count). The van der Waals surface area contributed by atoms with Crippen molar-refractivity contribution in [3.05, 3.63) is 100 Å². The minimum atomic E-state index is -0.569. The Labute approximate surface area is 191 Å². The standard InChI is InChI=1S/C23H19IN2O3S/c1-3-29-22(28)19-14(2)25-23-26(20(19)16-7-5-4-6-8-16)21(27)18(30-23)13-15-9-11-17(24)12-10-15/h4-13,20H,3H2,1-2H3/b18-13+/t20-/m0/s1. The van der Waals surface area contributed by atoms with E-state index in [2.05, 4.69) is 27.6 Å². The Kier molecular flexibility index (Phi) is 6.01. The highest BCUT2D eigenvalue weighted by Gasteiger charge is 2.33. The van der Waals surface area contributed by atoms with Gasteiger partial charge in [-0.05, 0) is 65.8 Å². The van der Waals surface area contributed by atoms with Gasteiger partial charge in [-0.3, -0.25) is 9.36 Å². The van der Waals surface area contributed by atoms with Crippen LogP contribution in [-0.4, -0.2) is 17.1 Å². The third-order valence-electron chi connectivity index (χ3n) is 4.80. The molecule has 1 aliphatic rings. The number of aromatic nitrogens is 1. The zero-order valence-electron chi connectivity index (χ0n) is 16.5. The molecule has 0 bridgehead atoms. The van der Waals surface area contributed by atoms with Crippen LogP contribution < -0.4 is 14.9 Å². The predicted molar refractivity (Wildman–Crippen MR) is 126 cm³/mol. The fraction of sp³-hybridized carbons (Fsp3) is 0.174. The molecule has 3 aromatic rings. The Morgan fingerprint density at radius 2 is 1.90 bits per heavy atom. The van der Waals surface area contributed by atoms with Crippen LogP contribution in [0.5, 0.6) is 0 Å². The van der Waals surface area contributed by atoms with Gasteiger partial charge in [0, 0.05) is 3.57 Å². The summed E-state index contributed by atoms with van der Waals surface area (Å²) in [5.41, 5.74) is 2.59. The van der Waals surface area contributed by atoms with Crippen molar-refractivity contribution in [1.82, 2.24) is 4.57 Å². The maximum atomic E-state index is 13.4. The molecule has 2 aromatic carbocycles. The molecular weight excluding hydrogens is 511 g/mol. The first-order valence-electron chi connectivity index (χ1n) is 9.49. The molecule has 0 saturated heterocycles. The van der Waals surface area contributed by atoms with E-state index in [1.54, 1.807) is 18.4 Å². The number of halogens is 1. The SMILES string of the molecule is CCOC(=O)C1=C(C)N=c2s/c(=C/c3ccc(I)cc3)c(=O)n2[C@H]1c1ccccc1. The largest absolute Gasteiger partial charge is 0.463 e. The number of esters is 1. The van der Waals surface area contributed by atoms with E-state index in [9.17, 15) is 9.59 Å². The van der Waals surface area contributed by atoms with Crippen molar-refractivity contribution in [1.29, 1.82) is 0 Å². The zero-order chi connectivity index (χ0) is 21.3. The van der Waals surface area contributed by atoms with Gasteiger partial charge in [0.2, 0.25) is 0 Å². The predicted octanol–water partition coefficient (Wildman–Crippen LogP) is 3.40. The summed E-state index contributed by atoms with van der Waals surface area (Å²) in [7, 11) is 0. The summed E-state index contributed by atoms with van der Waals surface area (Å²) in [5, 5.41) is 0. The van der Waals surface area contributed by atoms with E-state index in [-0.39, 0.29) is 12.2 Å². The highest BCUT2D eigenvalue weighted by Crippen LogP contribution is 2.30. The molecule has 0 spiro atoms. The molecule has 7 heteroatoms. The lowest BCUT2D eigenvalue weighted by Gasteiger charge is -2.24. The molecule has 0 amide bonds. The monoisotopic (exact) mass is 530 g/mol. The van der Waals surface area contributed by atoms with E-state index >= 15 is 0 Å². The molecule has 0 radical (unpaired) electrons. The summed E-state index contributed by atoms with van der Waals surface area (Å²) in [4.78, 5) is 31.4. The van der Waals surface area contributed by atoms with Crippen molar-refractivity contribution in [2.45, 2.75) is 19.9 Å². The first-order valence-corrected chi connectivity index (χ1v) is 11.4. The quantitative estimate of drug-likeness (QED) is 0.384. The minimum Gasteiger partial charge on any atom is -0.463 e. The van der Waals surface area contributed by atoms with Crippen LogP contribution in [-0.2, 0) is 9.53 Å². The Balaban J connectivity index is 1.94. The van der Waals surface area contributed by atoms with Crippen LogP contribution in [0.3, 0.4) is 0 Å². The molecule has 1 aromatic heterocycles. The van der Waals surface area contributed by atoms with Gasteiger partial charge in [0.25, 0.3) is 5.56 Å². The number of thiazole rings is 1. The average Bonchev–Trinajstić information content (AvgIpc) is 3.04. The molecule has 0 aliphatic carbocycles. The van der Waals surface area contributed by atoms with Crippen molar-refractivity contribution in [2.24, 2.45) is 4.99 Å². The Hall–Kier alpha value is -2.52. The van der Waals surface area contributed by atoms with Crippen molar-refractivity contribution in [3.8, 4) is 0 Å². The summed E-state index contributed by atoms with van der Waals surface area (Å²) in [6.07, 6.45) is 1.87. The van der Waals surface area contributed by atoms with Gasteiger partial charge in [-0.1, -0.05) is 53.8 Å². The van der Waals surface area contributed by atoms with E-state index in [4.69, 9.17) is 4.74 Å². The molecule has 1 aliphatic heterocycles. The molecule has 0 unspecified atom stereocenters. The third-order valence-corrected chi connectivity index (χ3v) is 6.50. The number of benzene rings is 2. The summed E-state index contributed by atoms with van der Waals surface area (Å²) in [6.45, 7) is 3.81. The second-order valence-corrected chi connectivity index (χ2v) is 9.02. The highest BCUT2D eigenvalue weighted by molar-refractivity contribution is 14.1. The fourth-order valence-corrected chi connectivity index (χ4v) is 4.86. The Morgan fingerprint density at radius 3 is 2.57 bits per heavy atom. The molecule has 0 fully saturated rings. The highest BCUT2D eigenvalue weighted by atomic mass is 127. The van der Waals surface area contributed by atoms with E-state index in [0.29, 0.717) is 20.6 Å². The first kappa shape index (κ1) is 20.7. The van der Waals surface area contributed by atoms with Gasteiger partial charge in [0.15, 0.2) is 4.80 Å². The minimum absolute atomic E-state index is 0.166. The summed E-state index contributed by atoms with van der Waals surface area (Å²) < 4.78 is 8.61. The van der Waals surface area contributed by atoms with Crippen LogP contribution in [0.25, 0.3) is 6.08 Å². The maximum Gasteiger partial charge on any atom is 0.338 e. The van der Waals surface area contributed by atoms with Gasteiger partial charge in [-0.2, -0.15) is 0 Å². The van der Waals surface area contributed by atoms with Gasteiger partial charge in [-0.15, -0.1) is 0 Å². The topological polar surface area (TPSA) is 60.7 Å². The van der Waals surface area contributed by atoms with Crippen LogP contribution in [0.2, 0.25) is 0 Å². The third kappa shape index (κ3) is 3.91. The summed E-state index contributed by atoms with van der Waals surface area (Å²) in [5.74, 6) is -0.445. The van der Waals surface area contributed by atoms with Gasteiger partial charge in [0.1, 0.15) is 0 Å². The molecule has 5 nitrogen and oxygen atoms in total. The second-order valence-electron chi connectivity index (χ2n) is 6.76. The molecule has 1 atom stereocenters. The lowest BCUT2D eigenvalue weighted by atomic mass is 9.96. The van der Waals surface area contributed by atoms with Crippen molar-refractivity contribution in [2.75, 3.05) is 6.61 Å². The van der Waals surface area contributed by atoms with Gasteiger partial charge < -0.3 is 4.74 Å². The number of hydrogen-bond acceptors (Lipinski definition) is 5.